The molecule has 9 heavy (non-hydrogen) atoms. The maximum Gasteiger partial charge on any atom is 0.0438 e. The minimum absolute atomic E-state index is 0.478. The molecule has 56 valence electrons. The minimum atomic E-state index is -1.84. The quantitative estimate of drug-likeness (QED) is 0.583. The molecular formula is C6H15NOS. The van der Waals surface area contributed by atoms with Crippen LogP contribution in [0.4, 0.5) is 0 Å². The Morgan fingerprint density at radius 2 is 2.00 bits per heavy atom. The molecule has 0 aromatic rings. The predicted molar refractivity (Wildman–Crippen MR) is 42.1 cm³/mol. The van der Waals surface area contributed by atoms with Gasteiger partial charge in [0.1, 0.15) is 0 Å². The van der Waals surface area contributed by atoms with Gasteiger partial charge in [-0.2, -0.15) is 0 Å². The fraction of sp³-hybridized carbons (Fsp3) is 1.00. The summed E-state index contributed by atoms with van der Waals surface area (Å²) >= 11 is 0. The average molecular weight is 149 g/mol. The maximum absolute atomic E-state index is 11.2. The van der Waals surface area contributed by atoms with Crippen molar-refractivity contribution in [2.24, 2.45) is 10.3 Å². The van der Waals surface area contributed by atoms with Gasteiger partial charge in [-0.3, -0.25) is 4.21 Å². The van der Waals surface area contributed by atoms with Crippen molar-refractivity contribution in [3.05, 3.63) is 0 Å². The molecule has 0 N–H and O–H groups in total. The molecule has 0 rings (SSSR count). The van der Waals surface area contributed by atoms with Crippen molar-refractivity contribution in [2.45, 2.75) is 13.8 Å². The van der Waals surface area contributed by atoms with Crippen molar-refractivity contribution in [3.63, 3.8) is 0 Å². The molecule has 0 amide bonds. The molecule has 0 saturated heterocycles. The Morgan fingerprint density at radius 1 is 1.56 bits per heavy atom. The van der Waals surface area contributed by atoms with Gasteiger partial charge in [0.25, 0.3) is 0 Å². The summed E-state index contributed by atoms with van der Waals surface area (Å²) in [5.41, 5.74) is 0. The lowest BCUT2D eigenvalue weighted by Gasteiger charge is -2.04. The molecule has 0 aliphatic carbocycles. The van der Waals surface area contributed by atoms with E-state index >= 15 is 0 Å². The zero-order chi connectivity index (χ0) is 7.49. The first-order chi connectivity index (χ1) is 3.98. The molecule has 0 aromatic carbocycles. The van der Waals surface area contributed by atoms with Crippen LogP contribution in [0.1, 0.15) is 13.8 Å². The topological polar surface area (TPSA) is 29.4 Å². The van der Waals surface area contributed by atoms with Crippen molar-refractivity contribution in [3.8, 4) is 0 Å². The first kappa shape index (κ1) is 8.95. The van der Waals surface area contributed by atoms with Gasteiger partial charge in [-0.15, -0.1) is 0 Å². The second-order valence-electron chi connectivity index (χ2n) is 2.70. The van der Waals surface area contributed by atoms with E-state index in [4.69, 9.17) is 0 Å². The van der Waals surface area contributed by atoms with Gasteiger partial charge in [-0.05, 0) is 5.92 Å². The highest BCUT2D eigenvalue weighted by atomic mass is 32.2. The summed E-state index contributed by atoms with van der Waals surface area (Å²) in [5.74, 6) is 1.19. The van der Waals surface area contributed by atoms with Crippen LogP contribution >= 0.6 is 0 Å². The maximum atomic E-state index is 11.2. The van der Waals surface area contributed by atoms with Crippen LogP contribution in [0.3, 0.4) is 0 Å². The van der Waals surface area contributed by atoms with Gasteiger partial charge in [-0.1, -0.05) is 13.8 Å². The molecule has 1 atom stereocenters. The third-order valence-corrected chi connectivity index (χ3v) is 3.09. The number of hydrogen-bond acceptors (Lipinski definition) is 2. The SMILES string of the molecule is CN=S(C)(=O)CC(C)C. The van der Waals surface area contributed by atoms with Crippen LogP contribution in [-0.2, 0) is 9.73 Å². The molecule has 0 bridgehead atoms. The van der Waals surface area contributed by atoms with Crippen LogP contribution in [0.2, 0.25) is 0 Å². The summed E-state index contributed by atoms with van der Waals surface area (Å²) < 4.78 is 15.0. The summed E-state index contributed by atoms with van der Waals surface area (Å²) in [6.07, 6.45) is 1.70. The van der Waals surface area contributed by atoms with Crippen LogP contribution in [0.25, 0.3) is 0 Å². The van der Waals surface area contributed by atoms with Gasteiger partial charge >= 0.3 is 0 Å². The van der Waals surface area contributed by atoms with Crippen molar-refractivity contribution in [1.82, 2.24) is 0 Å². The molecule has 0 heterocycles. The highest BCUT2D eigenvalue weighted by molar-refractivity contribution is 7.92. The second kappa shape index (κ2) is 3.20. The summed E-state index contributed by atoms with van der Waals surface area (Å²) in [4.78, 5) is 0. The summed E-state index contributed by atoms with van der Waals surface area (Å²) in [6, 6.07) is 0. The molecule has 1 unspecified atom stereocenters. The zero-order valence-electron chi connectivity index (χ0n) is 6.55. The minimum Gasteiger partial charge on any atom is -0.250 e. The van der Waals surface area contributed by atoms with E-state index in [0.29, 0.717) is 11.7 Å². The molecular weight excluding hydrogens is 134 g/mol. The Labute approximate surface area is 57.8 Å². The molecule has 0 radical (unpaired) electrons. The largest absolute Gasteiger partial charge is 0.250 e. The van der Waals surface area contributed by atoms with Gasteiger partial charge in [0.2, 0.25) is 0 Å². The van der Waals surface area contributed by atoms with E-state index in [9.17, 15) is 4.21 Å². The third-order valence-electron chi connectivity index (χ3n) is 1.03. The normalized spacial score (nSPS) is 17.4. The molecule has 3 heteroatoms. The Morgan fingerprint density at radius 3 is 2.11 bits per heavy atom. The number of rotatable bonds is 2. The fourth-order valence-corrected chi connectivity index (χ4v) is 2.08. The van der Waals surface area contributed by atoms with E-state index < -0.39 is 9.73 Å². The van der Waals surface area contributed by atoms with E-state index in [-0.39, 0.29) is 0 Å². The Bertz CT molecular complexity index is 177. The van der Waals surface area contributed by atoms with E-state index in [1.54, 1.807) is 13.3 Å². The van der Waals surface area contributed by atoms with E-state index in [1.807, 2.05) is 13.8 Å². The second-order valence-corrected chi connectivity index (χ2v) is 5.32. The molecule has 0 fully saturated rings. The lowest BCUT2D eigenvalue weighted by atomic mass is 10.3. The van der Waals surface area contributed by atoms with Gasteiger partial charge in [0.15, 0.2) is 0 Å². The average Bonchev–Trinajstić information content (AvgIpc) is 1.63. The van der Waals surface area contributed by atoms with Crippen molar-refractivity contribution < 1.29 is 4.21 Å². The van der Waals surface area contributed by atoms with Crippen LogP contribution in [-0.4, -0.2) is 23.3 Å². The van der Waals surface area contributed by atoms with Crippen molar-refractivity contribution in [1.29, 1.82) is 0 Å². The summed E-state index contributed by atoms with van der Waals surface area (Å²) in [6.45, 7) is 4.10. The molecule has 0 aliphatic heterocycles. The molecule has 0 saturated carbocycles. The number of hydrogen-bond donors (Lipinski definition) is 0. The number of nitrogens with zero attached hydrogens (tertiary/aromatic N) is 1. The predicted octanol–water partition coefficient (Wildman–Crippen LogP) is 1.37. The lowest BCUT2D eigenvalue weighted by Crippen LogP contribution is -2.08. The van der Waals surface area contributed by atoms with Crippen LogP contribution in [0, 0.1) is 5.92 Å². The molecule has 0 aromatic heterocycles. The highest BCUT2D eigenvalue weighted by Crippen LogP contribution is 1.99. The van der Waals surface area contributed by atoms with Crippen LogP contribution in [0.15, 0.2) is 4.36 Å². The zero-order valence-corrected chi connectivity index (χ0v) is 7.36. The van der Waals surface area contributed by atoms with E-state index in [2.05, 4.69) is 4.36 Å². The summed E-state index contributed by atoms with van der Waals surface area (Å²) in [7, 11) is -0.228. The van der Waals surface area contributed by atoms with E-state index in [0.717, 1.165) is 0 Å². The molecule has 0 spiro atoms. The Kier molecular flexibility index (Phi) is 3.18. The third kappa shape index (κ3) is 4.45. The lowest BCUT2D eigenvalue weighted by molar-refractivity contribution is 0.661. The van der Waals surface area contributed by atoms with Gasteiger partial charge in [-0.25, -0.2) is 4.36 Å². The summed E-state index contributed by atoms with van der Waals surface area (Å²) in [5, 5.41) is 0. The first-order valence-electron chi connectivity index (χ1n) is 3.06. The van der Waals surface area contributed by atoms with Crippen LogP contribution < -0.4 is 0 Å². The highest BCUT2D eigenvalue weighted by Gasteiger charge is 2.01. The van der Waals surface area contributed by atoms with Gasteiger partial charge in [0, 0.05) is 28.8 Å². The molecule has 0 aliphatic rings. The smallest absolute Gasteiger partial charge is 0.0438 e. The van der Waals surface area contributed by atoms with Gasteiger partial charge in [0.05, 0.1) is 0 Å². The molecule has 2 nitrogen and oxygen atoms in total. The standard InChI is InChI=1S/C6H15NOS/c1-6(2)5-9(4,8)7-3/h6H,5H2,1-4H3. The van der Waals surface area contributed by atoms with Crippen LogP contribution in [0.5, 0.6) is 0 Å². The monoisotopic (exact) mass is 149 g/mol. The Hall–Kier alpha value is -0.0500. The fourth-order valence-electron chi connectivity index (χ4n) is 0.693. The van der Waals surface area contributed by atoms with Crippen molar-refractivity contribution >= 4 is 9.73 Å². The Balaban J connectivity index is 4.07. The van der Waals surface area contributed by atoms with Gasteiger partial charge < -0.3 is 0 Å². The first-order valence-corrected chi connectivity index (χ1v) is 5.15. The van der Waals surface area contributed by atoms with E-state index in [1.165, 1.54) is 0 Å². The van der Waals surface area contributed by atoms with Crippen molar-refractivity contribution in [2.75, 3.05) is 19.1 Å².